The molecular formula is C45H57Cl3N4. The zero-order chi connectivity index (χ0) is 34.5. The van der Waals surface area contributed by atoms with Gasteiger partial charge in [0.1, 0.15) is 0 Å². The van der Waals surface area contributed by atoms with Crippen LogP contribution in [-0.2, 0) is 19.5 Å². The van der Waals surface area contributed by atoms with Crippen LogP contribution in [0.4, 0.5) is 5.69 Å². The molecule has 0 bridgehead atoms. The summed E-state index contributed by atoms with van der Waals surface area (Å²) >= 11 is 0. The highest BCUT2D eigenvalue weighted by Gasteiger charge is 2.26. The van der Waals surface area contributed by atoms with E-state index in [1.165, 1.54) is 79.7 Å². The highest BCUT2D eigenvalue weighted by molar-refractivity contribution is 5.86. The standard InChI is InChI=1S/C45H54N4.3ClH/c1-8-9-10-37-11-13-42(14-12-37)49(30-39-16-20-47-45(28-39)41-25-33(4)36(7)34(5)26-41)43-17-21-48(22-18-43)29-38-15-19-46-44(27-38)40-23-31(2)35(6)32(3)24-40;;;/h11-16,19-20,23-28,43H,8-10,17-18,21-22,29-30H2,1-7H3;3*1H. The molecule has 0 N–H and O–H groups in total. The number of hydrogen-bond acceptors (Lipinski definition) is 4. The lowest BCUT2D eigenvalue weighted by Crippen LogP contribution is -2.44. The summed E-state index contributed by atoms with van der Waals surface area (Å²) in [6.07, 6.45) is 9.87. The maximum Gasteiger partial charge on any atom is 0.0705 e. The molecule has 0 unspecified atom stereocenters. The first-order valence-electron chi connectivity index (χ1n) is 18.3. The van der Waals surface area contributed by atoms with Crippen LogP contribution >= 0.6 is 37.2 Å². The Kier molecular flexibility index (Phi) is 16.2. The molecule has 1 aliphatic rings. The molecule has 3 heterocycles. The normalized spacial score (nSPS) is 13.1. The third-order valence-electron chi connectivity index (χ3n) is 10.9. The van der Waals surface area contributed by atoms with Gasteiger partial charge in [-0.15, -0.1) is 37.2 Å². The Morgan fingerprint density at radius 1 is 0.615 bits per heavy atom. The minimum Gasteiger partial charge on any atom is -0.364 e. The van der Waals surface area contributed by atoms with Crippen LogP contribution in [0.5, 0.6) is 0 Å². The van der Waals surface area contributed by atoms with Crippen molar-refractivity contribution in [3.63, 3.8) is 0 Å². The molecule has 1 saturated heterocycles. The summed E-state index contributed by atoms with van der Waals surface area (Å²) in [5, 5.41) is 0. The summed E-state index contributed by atoms with van der Waals surface area (Å²) < 4.78 is 0. The molecule has 0 spiro atoms. The number of piperidine rings is 1. The van der Waals surface area contributed by atoms with Gasteiger partial charge in [-0.3, -0.25) is 14.9 Å². The van der Waals surface area contributed by atoms with Crippen molar-refractivity contribution < 1.29 is 0 Å². The van der Waals surface area contributed by atoms with Crippen molar-refractivity contribution >= 4 is 42.9 Å². The molecule has 1 aliphatic heterocycles. The third-order valence-corrected chi connectivity index (χ3v) is 10.9. The average Bonchev–Trinajstić information content (AvgIpc) is 3.11. The van der Waals surface area contributed by atoms with Crippen LogP contribution < -0.4 is 4.90 Å². The summed E-state index contributed by atoms with van der Waals surface area (Å²) in [4.78, 5) is 14.9. The molecule has 0 aliphatic carbocycles. The van der Waals surface area contributed by atoms with E-state index in [1.807, 2.05) is 12.4 Å². The zero-order valence-corrected chi connectivity index (χ0v) is 34.5. The molecule has 7 heteroatoms. The molecule has 6 rings (SSSR count). The number of aryl methyl sites for hydroxylation is 5. The Labute approximate surface area is 331 Å². The zero-order valence-electron chi connectivity index (χ0n) is 32.0. The van der Waals surface area contributed by atoms with Gasteiger partial charge in [0.25, 0.3) is 0 Å². The Morgan fingerprint density at radius 2 is 1.10 bits per heavy atom. The highest BCUT2D eigenvalue weighted by atomic mass is 35.5. The predicted molar refractivity (Wildman–Crippen MR) is 229 cm³/mol. The predicted octanol–water partition coefficient (Wildman–Crippen LogP) is 11.9. The first-order chi connectivity index (χ1) is 23.7. The van der Waals surface area contributed by atoms with Crippen LogP contribution in [0.25, 0.3) is 22.5 Å². The number of pyridine rings is 2. The van der Waals surface area contributed by atoms with E-state index in [0.29, 0.717) is 6.04 Å². The maximum absolute atomic E-state index is 4.81. The Bertz CT molecular complexity index is 1850. The summed E-state index contributed by atoms with van der Waals surface area (Å²) in [5.74, 6) is 0. The van der Waals surface area contributed by atoms with Crippen LogP contribution in [0.1, 0.15) is 82.7 Å². The van der Waals surface area contributed by atoms with Crippen molar-refractivity contribution in [2.45, 2.75) is 99.7 Å². The minimum atomic E-state index is 0. The monoisotopic (exact) mass is 758 g/mol. The van der Waals surface area contributed by atoms with E-state index in [2.05, 4.69) is 131 Å². The van der Waals surface area contributed by atoms with Gasteiger partial charge >= 0.3 is 0 Å². The molecule has 52 heavy (non-hydrogen) atoms. The molecule has 0 radical (unpaired) electrons. The van der Waals surface area contributed by atoms with E-state index in [0.717, 1.165) is 56.8 Å². The fraction of sp³-hybridized carbons (Fsp3) is 0.378. The number of hydrogen-bond donors (Lipinski definition) is 0. The second-order valence-corrected chi connectivity index (χ2v) is 14.5. The van der Waals surface area contributed by atoms with Crippen molar-refractivity contribution in [2.24, 2.45) is 0 Å². The van der Waals surface area contributed by atoms with E-state index in [9.17, 15) is 0 Å². The number of benzene rings is 3. The van der Waals surface area contributed by atoms with Crippen LogP contribution in [-0.4, -0.2) is 34.0 Å². The van der Waals surface area contributed by atoms with Gasteiger partial charge in [0.15, 0.2) is 0 Å². The van der Waals surface area contributed by atoms with Crippen molar-refractivity contribution in [3.05, 3.63) is 135 Å². The van der Waals surface area contributed by atoms with Crippen molar-refractivity contribution in [1.29, 1.82) is 0 Å². The second-order valence-electron chi connectivity index (χ2n) is 14.5. The van der Waals surface area contributed by atoms with Gasteiger partial charge in [-0.2, -0.15) is 0 Å². The number of nitrogens with zero attached hydrogens (tertiary/aromatic N) is 4. The largest absolute Gasteiger partial charge is 0.364 e. The van der Waals surface area contributed by atoms with Gasteiger partial charge in [-0.1, -0.05) is 25.5 Å². The molecule has 0 saturated carbocycles. The Morgan fingerprint density at radius 3 is 1.60 bits per heavy atom. The average molecular weight is 760 g/mol. The fourth-order valence-electron chi connectivity index (χ4n) is 7.34. The topological polar surface area (TPSA) is 32.3 Å². The summed E-state index contributed by atoms with van der Waals surface area (Å²) in [7, 11) is 0. The van der Waals surface area contributed by atoms with Crippen LogP contribution in [0, 0.1) is 41.5 Å². The van der Waals surface area contributed by atoms with Gasteiger partial charge in [-0.05, 0) is 178 Å². The fourth-order valence-corrected chi connectivity index (χ4v) is 7.34. The lowest BCUT2D eigenvalue weighted by atomic mass is 9.97. The molecule has 3 aromatic carbocycles. The molecule has 1 fully saturated rings. The lowest BCUT2D eigenvalue weighted by Gasteiger charge is -2.40. The SMILES string of the molecule is CCCCc1ccc(N(Cc2ccnc(-c3cc(C)c(C)c(C)c3)c2)C2CCN(Cc3ccnc(-c4cc(C)c(C)c(C)c4)c3)CC2)cc1.Cl.Cl.Cl. The van der Waals surface area contributed by atoms with Gasteiger partial charge in [-0.25, -0.2) is 0 Å². The second kappa shape index (κ2) is 19.6. The summed E-state index contributed by atoms with van der Waals surface area (Å²) in [5.41, 5.74) is 18.0. The van der Waals surface area contributed by atoms with Crippen LogP contribution in [0.15, 0.2) is 85.2 Å². The molecule has 4 nitrogen and oxygen atoms in total. The third kappa shape index (κ3) is 10.4. The lowest BCUT2D eigenvalue weighted by molar-refractivity contribution is 0.201. The highest BCUT2D eigenvalue weighted by Crippen LogP contribution is 2.30. The number of unbranched alkanes of at least 4 members (excludes halogenated alkanes) is 1. The molecule has 278 valence electrons. The van der Waals surface area contributed by atoms with E-state index in [4.69, 9.17) is 9.97 Å². The number of likely N-dealkylation sites (tertiary alicyclic amines) is 1. The van der Waals surface area contributed by atoms with Gasteiger partial charge in [0.05, 0.1) is 11.4 Å². The number of anilines is 1. The molecular weight excluding hydrogens is 703 g/mol. The van der Waals surface area contributed by atoms with Crippen LogP contribution in [0.2, 0.25) is 0 Å². The van der Waals surface area contributed by atoms with E-state index in [1.54, 1.807) is 0 Å². The smallest absolute Gasteiger partial charge is 0.0705 e. The van der Waals surface area contributed by atoms with Gasteiger partial charge < -0.3 is 4.90 Å². The summed E-state index contributed by atoms with van der Waals surface area (Å²) in [6.45, 7) is 19.5. The van der Waals surface area contributed by atoms with Gasteiger partial charge in [0, 0.05) is 61.4 Å². The maximum atomic E-state index is 4.81. The Balaban J connectivity index is 0.00000243. The van der Waals surface area contributed by atoms with Crippen molar-refractivity contribution in [3.8, 4) is 22.5 Å². The van der Waals surface area contributed by atoms with Crippen molar-refractivity contribution in [1.82, 2.24) is 14.9 Å². The minimum absolute atomic E-state index is 0. The van der Waals surface area contributed by atoms with Crippen molar-refractivity contribution in [2.75, 3.05) is 18.0 Å². The van der Waals surface area contributed by atoms with Crippen LogP contribution in [0.3, 0.4) is 0 Å². The number of halogens is 3. The molecule has 2 aromatic heterocycles. The first kappa shape index (κ1) is 43.0. The quantitative estimate of drug-likeness (QED) is 0.134. The first-order valence-corrected chi connectivity index (χ1v) is 18.3. The number of rotatable bonds is 11. The Hall–Kier alpha value is -3.41. The molecule has 0 amide bonds. The van der Waals surface area contributed by atoms with E-state index >= 15 is 0 Å². The molecule has 5 aromatic rings. The number of aromatic nitrogens is 2. The van der Waals surface area contributed by atoms with E-state index < -0.39 is 0 Å². The summed E-state index contributed by atoms with van der Waals surface area (Å²) in [6, 6.07) is 28.0. The van der Waals surface area contributed by atoms with Gasteiger partial charge in [0.2, 0.25) is 0 Å². The van der Waals surface area contributed by atoms with E-state index in [-0.39, 0.29) is 37.2 Å². The molecule has 0 atom stereocenters.